The van der Waals surface area contributed by atoms with Gasteiger partial charge in [0.15, 0.2) is 5.13 Å². The van der Waals surface area contributed by atoms with Crippen LogP contribution in [0, 0.1) is 6.92 Å². The van der Waals surface area contributed by atoms with Crippen molar-refractivity contribution in [3.63, 3.8) is 0 Å². The number of aryl methyl sites for hydroxylation is 1. The lowest BCUT2D eigenvalue weighted by Crippen LogP contribution is -2.42. The predicted octanol–water partition coefficient (Wildman–Crippen LogP) is 2.03. The summed E-state index contributed by atoms with van der Waals surface area (Å²) in [6.45, 7) is 4.30. The highest BCUT2D eigenvalue weighted by Crippen LogP contribution is 2.19. The number of hydrogen-bond donors (Lipinski definition) is 1. The fraction of sp³-hybridized carbons (Fsp3) is 0.727. The van der Waals surface area contributed by atoms with E-state index in [2.05, 4.69) is 27.6 Å². The fourth-order valence-corrected chi connectivity index (χ4v) is 2.79. The average molecular weight is 225 g/mol. The zero-order chi connectivity index (χ0) is 10.7. The molecule has 84 valence electrons. The van der Waals surface area contributed by atoms with Gasteiger partial charge in [0.2, 0.25) is 0 Å². The van der Waals surface area contributed by atoms with E-state index in [1.165, 1.54) is 25.8 Å². The van der Waals surface area contributed by atoms with Crippen molar-refractivity contribution in [1.29, 1.82) is 0 Å². The van der Waals surface area contributed by atoms with Crippen LogP contribution < -0.4 is 10.2 Å². The summed E-state index contributed by atoms with van der Waals surface area (Å²) in [5, 5.41) is 6.81. The lowest BCUT2D eigenvalue weighted by molar-refractivity contribution is 0.403. The van der Waals surface area contributed by atoms with Crippen LogP contribution in [0.5, 0.6) is 0 Å². The van der Waals surface area contributed by atoms with E-state index in [0.29, 0.717) is 6.04 Å². The van der Waals surface area contributed by atoms with E-state index in [1.807, 2.05) is 6.92 Å². The number of thiazole rings is 1. The van der Waals surface area contributed by atoms with E-state index < -0.39 is 0 Å². The van der Waals surface area contributed by atoms with E-state index in [4.69, 9.17) is 0 Å². The molecule has 0 aliphatic carbocycles. The summed E-state index contributed by atoms with van der Waals surface area (Å²) in [5.74, 6) is 0. The second-order valence-electron chi connectivity index (χ2n) is 4.30. The third-order valence-electron chi connectivity index (χ3n) is 2.84. The van der Waals surface area contributed by atoms with Gasteiger partial charge in [0.05, 0.1) is 5.69 Å². The van der Waals surface area contributed by atoms with Crippen molar-refractivity contribution >= 4 is 16.5 Å². The molecule has 3 nitrogen and oxygen atoms in total. The maximum absolute atomic E-state index is 4.49. The lowest BCUT2D eigenvalue weighted by atomic mass is 10.1. The maximum atomic E-state index is 4.49. The highest BCUT2D eigenvalue weighted by atomic mass is 32.1. The Hall–Kier alpha value is -0.610. The van der Waals surface area contributed by atoms with Crippen molar-refractivity contribution in [3.05, 3.63) is 11.1 Å². The minimum atomic E-state index is 0.646. The van der Waals surface area contributed by atoms with Gasteiger partial charge in [-0.15, -0.1) is 11.3 Å². The van der Waals surface area contributed by atoms with Gasteiger partial charge < -0.3 is 10.2 Å². The van der Waals surface area contributed by atoms with Crippen LogP contribution in [0.3, 0.4) is 0 Å². The largest absolute Gasteiger partial charge is 0.350 e. The number of likely N-dealkylation sites (N-methyl/N-ethyl adjacent to an activating group) is 1. The molecule has 0 aromatic carbocycles. The molecule has 0 saturated carbocycles. The minimum absolute atomic E-state index is 0.646. The summed E-state index contributed by atoms with van der Waals surface area (Å²) >= 11 is 1.73. The monoisotopic (exact) mass is 225 g/mol. The van der Waals surface area contributed by atoms with Crippen LogP contribution in [0.25, 0.3) is 0 Å². The molecular formula is C11H19N3S. The molecule has 1 aliphatic rings. The number of anilines is 1. The second kappa shape index (κ2) is 4.94. The third-order valence-corrected chi connectivity index (χ3v) is 3.91. The summed E-state index contributed by atoms with van der Waals surface area (Å²) in [5.41, 5.74) is 1.12. The molecule has 1 saturated heterocycles. The Balaban J connectivity index is 1.88. The van der Waals surface area contributed by atoms with Crippen LogP contribution >= 0.6 is 11.3 Å². The topological polar surface area (TPSA) is 28.2 Å². The zero-order valence-corrected chi connectivity index (χ0v) is 10.3. The quantitative estimate of drug-likeness (QED) is 0.853. The molecule has 1 unspecified atom stereocenters. The van der Waals surface area contributed by atoms with Crippen molar-refractivity contribution in [2.75, 3.05) is 25.0 Å². The molecule has 1 aliphatic heterocycles. The van der Waals surface area contributed by atoms with Crippen LogP contribution in [-0.4, -0.2) is 31.2 Å². The molecular weight excluding hydrogens is 206 g/mol. The Morgan fingerprint density at radius 2 is 2.47 bits per heavy atom. The molecule has 15 heavy (non-hydrogen) atoms. The number of nitrogens with zero attached hydrogens (tertiary/aromatic N) is 2. The zero-order valence-electron chi connectivity index (χ0n) is 9.49. The van der Waals surface area contributed by atoms with Gasteiger partial charge in [-0.25, -0.2) is 4.98 Å². The molecule has 1 aromatic rings. The summed E-state index contributed by atoms with van der Waals surface area (Å²) in [7, 11) is 2.13. The van der Waals surface area contributed by atoms with Crippen LogP contribution in [0.1, 0.15) is 25.0 Å². The Morgan fingerprint density at radius 3 is 3.07 bits per heavy atom. The molecule has 0 amide bonds. The Labute approximate surface area is 95.5 Å². The summed E-state index contributed by atoms with van der Waals surface area (Å²) < 4.78 is 0. The SMILES string of the molecule is Cc1csc(N(C)CC2CCCCN2)n1. The van der Waals surface area contributed by atoms with Crippen LogP contribution in [-0.2, 0) is 0 Å². The van der Waals surface area contributed by atoms with E-state index >= 15 is 0 Å². The molecule has 1 atom stereocenters. The van der Waals surface area contributed by atoms with Crippen molar-refractivity contribution in [1.82, 2.24) is 10.3 Å². The molecule has 0 spiro atoms. The first kappa shape index (κ1) is 10.9. The number of aromatic nitrogens is 1. The van der Waals surface area contributed by atoms with Gasteiger partial charge in [0.25, 0.3) is 0 Å². The minimum Gasteiger partial charge on any atom is -0.350 e. The number of rotatable bonds is 3. The van der Waals surface area contributed by atoms with Crippen LogP contribution in [0.4, 0.5) is 5.13 Å². The molecule has 1 N–H and O–H groups in total. The van der Waals surface area contributed by atoms with E-state index in [0.717, 1.165) is 17.4 Å². The van der Waals surface area contributed by atoms with Crippen molar-refractivity contribution < 1.29 is 0 Å². The van der Waals surface area contributed by atoms with E-state index in [9.17, 15) is 0 Å². The Kier molecular flexibility index (Phi) is 3.59. The number of nitrogens with one attached hydrogen (secondary N) is 1. The van der Waals surface area contributed by atoms with Gasteiger partial charge in [-0.1, -0.05) is 6.42 Å². The highest BCUT2D eigenvalue weighted by Gasteiger charge is 2.15. The normalized spacial score (nSPS) is 21.6. The standard InChI is InChI=1S/C11H19N3S/c1-9-8-15-11(13-9)14(2)7-10-5-3-4-6-12-10/h8,10,12H,3-7H2,1-2H3. The van der Waals surface area contributed by atoms with Gasteiger partial charge in [-0.05, 0) is 26.3 Å². The van der Waals surface area contributed by atoms with Gasteiger partial charge in [-0.3, -0.25) is 0 Å². The average Bonchev–Trinajstić information content (AvgIpc) is 2.66. The van der Waals surface area contributed by atoms with Crippen LogP contribution in [0.2, 0.25) is 0 Å². The highest BCUT2D eigenvalue weighted by molar-refractivity contribution is 7.13. The lowest BCUT2D eigenvalue weighted by Gasteiger charge is -2.27. The van der Waals surface area contributed by atoms with Crippen molar-refractivity contribution in [3.8, 4) is 0 Å². The van der Waals surface area contributed by atoms with E-state index in [1.54, 1.807) is 11.3 Å². The second-order valence-corrected chi connectivity index (χ2v) is 5.14. The predicted molar refractivity (Wildman–Crippen MR) is 65.8 cm³/mol. The van der Waals surface area contributed by atoms with Gasteiger partial charge in [0, 0.05) is 25.0 Å². The number of hydrogen-bond acceptors (Lipinski definition) is 4. The van der Waals surface area contributed by atoms with Crippen molar-refractivity contribution in [2.45, 2.75) is 32.2 Å². The molecule has 0 radical (unpaired) electrons. The first-order valence-electron chi connectivity index (χ1n) is 5.62. The van der Waals surface area contributed by atoms with Gasteiger partial charge in [-0.2, -0.15) is 0 Å². The molecule has 1 aromatic heterocycles. The molecule has 1 fully saturated rings. The Bertz CT molecular complexity index is 305. The fourth-order valence-electron chi connectivity index (χ4n) is 2.01. The molecule has 4 heteroatoms. The van der Waals surface area contributed by atoms with Crippen LogP contribution in [0.15, 0.2) is 5.38 Å². The first-order chi connectivity index (χ1) is 7.25. The number of piperidine rings is 1. The van der Waals surface area contributed by atoms with Gasteiger partial charge >= 0.3 is 0 Å². The van der Waals surface area contributed by atoms with Crippen molar-refractivity contribution in [2.24, 2.45) is 0 Å². The molecule has 0 bridgehead atoms. The molecule has 2 heterocycles. The third kappa shape index (κ3) is 2.92. The van der Waals surface area contributed by atoms with Gasteiger partial charge in [0.1, 0.15) is 0 Å². The Morgan fingerprint density at radius 1 is 1.60 bits per heavy atom. The summed E-state index contributed by atoms with van der Waals surface area (Å²) in [4.78, 5) is 6.76. The summed E-state index contributed by atoms with van der Waals surface area (Å²) in [6.07, 6.45) is 3.99. The summed E-state index contributed by atoms with van der Waals surface area (Å²) in [6, 6.07) is 0.646. The maximum Gasteiger partial charge on any atom is 0.185 e. The first-order valence-corrected chi connectivity index (χ1v) is 6.50. The van der Waals surface area contributed by atoms with E-state index in [-0.39, 0.29) is 0 Å². The molecule has 2 rings (SSSR count). The smallest absolute Gasteiger partial charge is 0.185 e.